The van der Waals surface area contributed by atoms with Crippen LogP contribution in [0, 0.1) is 0 Å². The van der Waals surface area contributed by atoms with Gasteiger partial charge < -0.3 is 20.1 Å². The molecule has 2 unspecified atom stereocenters. The molecule has 0 amide bonds. The fourth-order valence-electron chi connectivity index (χ4n) is 1.83. The third kappa shape index (κ3) is 7.38. The number of aliphatic imine (C=N–C) groups is 1. The van der Waals surface area contributed by atoms with Crippen molar-refractivity contribution < 1.29 is 9.47 Å². The molecule has 2 N–H and O–H groups in total. The highest BCUT2D eigenvalue weighted by atomic mass is 127. The summed E-state index contributed by atoms with van der Waals surface area (Å²) in [5, 5.41) is 6.52. The van der Waals surface area contributed by atoms with Crippen LogP contribution in [0.15, 0.2) is 4.99 Å². The molecule has 0 saturated carbocycles. The average molecular weight is 371 g/mol. The molecule has 1 aliphatic heterocycles. The van der Waals surface area contributed by atoms with E-state index in [0.29, 0.717) is 12.7 Å². The maximum absolute atomic E-state index is 5.55. The van der Waals surface area contributed by atoms with Crippen LogP contribution in [0.3, 0.4) is 0 Å². The molecule has 1 saturated heterocycles. The number of methoxy groups -OCH3 is 1. The van der Waals surface area contributed by atoms with Crippen LogP contribution < -0.4 is 10.6 Å². The Labute approximate surface area is 127 Å². The van der Waals surface area contributed by atoms with Gasteiger partial charge in [0.15, 0.2) is 5.96 Å². The molecular weight excluding hydrogens is 345 g/mol. The Kier molecular flexibility index (Phi) is 10.8. The first-order valence-corrected chi connectivity index (χ1v) is 6.41. The van der Waals surface area contributed by atoms with Crippen LogP contribution in [-0.2, 0) is 9.47 Å². The lowest BCUT2D eigenvalue weighted by Crippen LogP contribution is -2.44. The standard InChI is InChI=1S/C12H25N3O2.HI/c1-4-13-12(15-10(2)9-16-3)14-8-11-6-5-7-17-11;/h10-11H,4-9H2,1-3H3,(H2,13,14,15);1H. The lowest BCUT2D eigenvalue weighted by Gasteiger charge is -2.17. The van der Waals surface area contributed by atoms with Crippen molar-refractivity contribution in [2.45, 2.75) is 38.8 Å². The smallest absolute Gasteiger partial charge is 0.191 e. The monoisotopic (exact) mass is 371 g/mol. The van der Waals surface area contributed by atoms with E-state index in [2.05, 4.69) is 29.5 Å². The van der Waals surface area contributed by atoms with Gasteiger partial charge in [0.2, 0.25) is 0 Å². The zero-order valence-electron chi connectivity index (χ0n) is 11.6. The van der Waals surface area contributed by atoms with Crippen LogP contribution in [0.2, 0.25) is 0 Å². The van der Waals surface area contributed by atoms with E-state index in [9.17, 15) is 0 Å². The van der Waals surface area contributed by atoms with Gasteiger partial charge in [0.25, 0.3) is 0 Å². The van der Waals surface area contributed by atoms with E-state index >= 15 is 0 Å². The molecule has 6 heteroatoms. The number of nitrogens with one attached hydrogen (secondary N) is 2. The highest BCUT2D eigenvalue weighted by Crippen LogP contribution is 2.11. The fraction of sp³-hybridized carbons (Fsp3) is 0.917. The summed E-state index contributed by atoms with van der Waals surface area (Å²) < 4.78 is 10.6. The summed E-state index contributed by atoms with van der Waals surface area (Å²) in [6.07, 6.45) is 2.57. The van der Waals surface area contributed by atoms with Gasteiger partial charge in [0, 0.05) is 26.3 Å². The molecule has 0 aromatic rings. The van der Waals surface area contributed by atoms with Crippen LogP contribution in [0.4, 0.5) is 0 Å². The molecule has 5 nitrogen and oxygen atoms in total. The molecule has 2 atom stereocenters. The predicted molar refractivity (Wildman–Crippen MR) is 84.8 cm³/mol. The Morgan fingerprint density at radius 2 is 2.33 bits per heavy atom. The van der Waals surface area contributed by atoms with Crippen molar-refractivity contribution in [3.05, 3.63) is 0 Å². The van der Waals surface area contributed by atoms with Crippen LogP contribution in [0.1, 0.15) is 26.7 Å². The van der Waals surface area contributed by atoms with Crippen LogP contribution >= 0.6 is 24.0 Å². The summed E-state index contributed by atoms with van der Waals surface area (Å²) in [5.74, 6) is 0.840. The topological polar surface area (TPSA) is 54.9 Å². The van der Waals surface area contributed by atoms with Gasteiger partial charge in [-0.25, -0.2) is 0 Å². The van der Waals surface area contributed by atoms with Crippen molar-refractivity contribution in [3.8, 4) is 0 Å². The maximum atomic E-state index is 5.55. The molecule has 1 fully saturated rings. The molecule has 1 heterocycles. The molecule has 0 radical (unpaired) electrons. The van der Waals surface area contributed by atoms with Crippen LogP contribution in [0.5, 0.6) is 0 Å². The first kappa shape index (κ1) is 17.9. The molecule has 18 heavy (non-hydrogen) atoms. The summed E-state index contributed by atoms with van der Waals surface area (Å²) >= 11 is 0. The largest absolute Gasteiger partial charge is 0.383 e. The zero-order chi connectivity index (χ0) is 12.5. The fourth-order valence-corrected chi connectivity index (χ4v) is 1.83. The Morgan fingerprint density at radius 1 is 1.56 bits per heavy atom. The Morgan fingerprint density at radius 3 is 2.89 bits per heavy atom. The van der Waals surface area contributed by atoms with Gasteiger partial charge in [0.1, 0.15) is 0 Å². The lowest BCUT2D eigenvalue weighted by molar-refractivity contribution is 0.117. The molecule has 1 rings (SSSR count). The van der Waals surface area contributed by atoms with Crippen molar-refractivity contribution >= 4 is 29.9 Å². The van der Waals surface area contributed by atoms with Gasteiger partial charge in [-0.15, -0.1) is 24.0 Å². The number of hydrogen-bond acceptors (Lipinski definition) is 3. The predicted octanol–water partition coefficient (Wildman–Crippen LogP) is 1.37. The number of guanidine groups is 1. The summed E-state index contributed by atoms with van der Waals surface area (Å²) in [4.78, 5) is 4.53. The van der Waals surface area contributed by atoms with Crippen LogP contribution in [0.25, 0.3) is 0 Å². The van der Waals surface area contributed by atoms with E-state index in [4.69, 9.17) is 9.47 Å². The van der Waals surface area contributed by atoms with Crippen molar-refractivity contribution in [3.63, 3.8) is 0 Å². The number of ether oxygens (including phenoxy) is 2. The number of hydrogen-bond donors (Lipinski definition) is 2. The van der Waals surface area contributed by atoms with Gasteiger partial charge in [-0.1, -0.05) is 0 Å². The first-order chi connectivity index (χ1) is 8.26. The third-order valence-corrected chi connectivity index (χ3v) is 2.62. The summed E-state index contributed by atoms with van der Waals surface area (Å²) in [6.45, 7) is 7.27. The number of nitrogens with zero attached hydrogens (tertiary/aromatic N) is 1. The Balaban J connectivity index is 0.00000289. The quantitative estimate of drug-likeness (QED) is 0.421. The minimum Gasteiger partial charge on any atom is -0.383 e. The minimum absolute atomic E-state index is 0. The van der Waals surface area contributed by atoms with E-state index in [1.54, 1.807) is 7.11 Å². The third-order valence-electron chi connectivity index (χ3n) is 2.62. The normalized spacial score (nSPS) is 21.3. The Bertz CT molecular complexity index is 233. The second-order valence-electron chi connectivity index (χ2n) is 4.36. The molecule has 1 aliphatic rings. The van der Waals surface area contributed by atoms with Gasteiger partial charge in [-0.3, -0.25) is 4.99 Å². The van der Waals surface area contributed by atoms with E-state index < -0.39 is 0 Å². The molecular formula is C12H26IN3O2. The van der Waals surface area contributed by atoms with Gasteiger partial charge in [-0.05, 0) is 26.7 Å². The minimum atomic E-state index is 0. The molecule has 0 spiro atoms. The molecule has 108 valence electrons. The van der Waals surface area contributed by atoms with E-state index in [1.165, 1.54) is 0 Å². The molecule has 0 aliphatic carbocycles. The summed E-state index contributed by atoms with van der Waals surface area (Å²) in [6, 6.07) is 0.252. The van der Waals surface area contributed by atoms with Crippen molar-refractivity contribution in [2.24, 2.45) is 4.99 Å². The van der Waals surface area contributed by atoms with E-state index in [1.807, 2.05) is 0 Å². The highest BCUT2D eigenvalue weighted by Gasteiger charge is 2.15. The average Bonchev–Trinajstić information content (AvgIpc) is 2.79. The molecule has 0 aromatic heterocycles. The highest BCUT2D eigenvalue weighted by molar-refractivity contribution is 14.0. The zero-order valence-corrected chi connectivity index (χ0v) is 13.9. The number of halogens is 1. The molecule has 0 aromatic carbocycles. The SMILES string of the molecule is CCNC(=NCC1CCCO1)NC(C)COC.I. The van der Waals surface area contributed by atoms with E-state index in [-0.39, 0.29) is 30.0 Å². The summed E-state index contributed by atoms with van der Waals surface area (Å²) in [7, 11) is 1.70. The number of rotatable bonds is 6. The van der Waals surface area contributed by atoms with Gasteiger partial charge >= 0.3 is 0 Å². The van der Waals surface area contributed by atoms with Crippen LogP contribution in [-0.4, -0.2) is 51.5 Å². The Hall–Kier alpha value is -0.0800. The van der Waals surface area contributed by atoms with Crippen molar-refractivity contribution in [1.29, 1.82) is 0 Å². The van der Waals surface area contributed by atoms with Gasteiger partial charge in [0.05, 0.1) is 19.3 Å². The maximum Gasteiger partial charge on any atom is 0.191 e. The van der Waals surface area contributed by atoms with Crippen molar-refractivity contribution in [2.75, 3.05) is 33.4 Å². The lowest BCUT2D eigenvalue weighted by atomic mass is 10.2. The second-order valence-corrected chi connectivity index (χ2v) is 4.36. The van der Waals surface area contributed by atoms with Gasteiger partial charge in [-0.2, -0.15) is 0 Å². The van der Waals surface area contributed by atoms with Crippen molar-refractivity contribution in [1.82, 2.24) is 10.6 Å². The molecule has 0 bridgehead atoms. The van der Waals surface area contributed by atoms with E-state index in [0.717, 1.165) is 38.5 Å². The summed E-state index contributed by atoms with van der Waals surface area (Å²) in [5.41, 5.74) is 0. The second kappa shape index (κ2) is 10.8. The first-order valence-electron chi connectivity index (χ1n) is 6.41.